The fourth-order valence-electron chi connectivity index (χ4n) is 3.77. The summed E-state index contributed by atoms with van der Waals surface area (Å²) >= 11 is 0. The Labute approximate surface area is 190 Å². The molecule has 0 aromatic heterocycles. The van der Waals surface area contributed by atoms with Crippen molar-refractivity contribution in [1.29, 1.82) is 0 Å². The highest BCUT2D eigenvalue weighted by Crippen LogP contribution is 2.24. The molecule has 0 aliphatic rings. The van der Waals surface area contributed by atoms with Gasteiger partial charge in [0, 0.05) is 10.7 Å². The van der Waals surface area contributed by atoms with Gasteiger partial charge >= 0.3 is 0 Å². The van der Waals surface area contributed by atoms with Gasteiger partial charge in [0.15, 0.2) is 0 Å². The molecule has 0 bridgehead atoms. The maximum absolute atomic E-state index is 11.3. The van der Waals surface area contributed by atoms with Crippen molar-refractivity contribution in [3.8, 4) is 5.75 Å². The molecule has 0 spiro atoms. The largest absolute Gasteiger partial charge is 0.493 e. The van der Waals surface area contributed by atoms with Crippen LogP contribution in [0.2, 0.25) is 0 Å². The summed E-state index contributed by atoms with van der Waals surface area (Å²) in [5.74, 6) is 0.736. The van der Waals surface area contributed by atoms with Crippen LogP contribution in [0.1, 0.15) is 115 Å². The molecule has 1 aromatic rings. The second kappa shape index (κ2) is 16.9. The number of hydrogen-bond acceptors (Lipinski definition) is 3. The van der Waals surface area contributed by atoms with E-state index in [1.54, 1.807) is 12.1 Å². The molecule has 0 aliphatic carbocycles. The number of aryl methyl sites for hydroxylation is 1. The van der Waals surface area contributed by atoms with E-state index in [-0.39, 0.29) is 4.90 Å². The molecule has 0 N–H and O–H groups in total. The Morgan fingerprint density at radius 3 is 1.57 bits per heavy atom. The number of unbranched alkanes of at least 4 members (excludes halogenated alkanes) is 15. The normalized spacial score (nSPS) is 11.7. The van der Waals surface area contributed by atoms with E-state index < -0.39 is 9.05 Å². The molecular weight excluding hydrogens is 416 g/mol. The minimum Gasteiger partial charge on any atom is -0.493 e. The van der Waals surface area contributed by atoms with Gasteiger partial charge in [-0.3, -0.25) is 0 Å². The first-order valence-corrected chi connectivity index (χ1v) is 14.4. The van der Waals surface area contributed by atoms with Crippen molar-refractivity contribution >= 4 is 19.7 Å². The average molecular weight is 459 g/mol. The minimum atomic E-state index is -3.68. The van der Waals surface area contributed by atoms with Crippen molar-refractivity contribution < 1.29 is 13.2 Å². The lowest BCUT2D eigenvalue weighted by atomic mass is 10.0. The van der Waals surface area contributed by atoms with Crippen molar-refractivity contribution in [2.24, 2.45) is 0 Å². The molecule has 0 unspecified atom stereocenters. The lowest BCUT2D eigenvalue weighted by Gasteiger charge is -2.10. The smallest absolute Gasteiger partial charge is 0.261 e. The zero-order chi connectivity index (χ0) is 22.1. The van der Waals surface area contributed by atoms with Crippen LogP contribution in [0.5, 0.6) is 5.75 Å². The van der Waals surface area contributed by atoms with Crippen LogP contribution in [-0.2, 0) is 9.05 Å². The highest BCUT2D eigenvalue weighted by molar-refractivity contribution is 8.13. The van der Waals surface area contributed by atoms with Crippen LogP contribution in [0, 0.1) is 6.92 Å². The summed E-state index contributed by atoms with van der Waals surface area (Å²) in [5, 5.41) is 0. The zero-order valence-electron chi connectivity index (χ0n) is 19.3. The number of hydrogen-bond donors (Lipinski definition) is 0. The first kappa shape index (κ1) is 27.3. The van der Waals surface area contributed by atoms with Gasteiger partial charge in [0.25, 0.3) is 9.05 Å². The van der Waals surface area contributed by atoms with Crippen LogP contribution in [0.4, 0.5) is 0 Å². The highest BCUT2D eigenvalue weighted by atomic mass is 35.7. The fraction of sp³-hybridized carbons (Fsp3) is 0.760. The van der Waals surface area contributed by atoms with Crippen molar-refractivity contribution in [2.45, 2.75) is 121 Å². The molecule has 0 amide bonds. The molecule has 30 heavy (non-hydrogen) atoms. The quantitative estimate of drug-likeness (QED) is 0.154. The first-order valence-electron chi connectivity index (χ1n) is 12.1. The first-order chi connectivity index (χ1) is 14.4. The standard InChI is InChI=1S/C25H43ClO3S/c1-3-4-5-6-7-8-9-10-11-12-13-14-15-16-17-18-21-29-25-20-19-24(22-23(25)2)30(26,27)28/h19-20,22H,3-18,21H2,1-2H3. The van der Waals surface area contributed by atoms with Crippen LogP contribution < -0.4 is 4.74 Å². The molecule has 0 saturated carbocycles. The van der Waals surface area contributed by atoms with Gasteiger partial charge in [-0.25, -0.2) is 8.42 Å². The zero-order valence-corrected chi connectivity index (χ0v) is 20.8. The second-order valence-electron chi connectivity index (χ2n) is 8.52. The molecule has 174 valence electrons. The van der Waals surface area contributed by atoms with Gasteiger partial charge in [-0.2, -0.15) is 0 Å². The summed E-state index contributed by atoms with van der Waals surface area (Å²) in [7, 11) is 1.69. The van der Waals surface area contributed by atoms with Gasteiger partial charge < -0.3 is 4.74 Å². The van der Waals surface area contributed by atoms with Crippen LogP contribution >= 0.6 is 10.7 Å². The van der Waals surface area contributed by atoms with E-state index in [1.807, 2.05) is 6.92 Å². The number of halogens is 1. The van der Waals surface area contributed by atoms with Crippen LogP contribution in [0.15, 0.2) is 23.1 Å². The van der Waals surface area contributed by atoms with E-state index in [9.17, 15) is 8.42 Å². The minimum absolute atomic E-state index is 0.122. The maximum Gasteiger partial charge on any atom is 0.261 e. The SMILES string of the molecule is CCCCCCCCCCCCCCCCCCOc1ccc(S(=O)(=O)Cl)cc1C. The molecule has 3 nitrogen and oxygen atoms in total. The Morgan fingerprint density at radius 2 is 1.17 bits per heavy atom. The number of ether oxygens (including phenoxy) is 1. The number of rotatable bonds is 19. The Morgan fingerprint density at radius 1 is 0.733 bits per heavy atom. The Bertz CT molecular complexity index is 658. The molecule has 1 aromatic carbocycles. The Balaban J connectivity index is 1.90. The number of benzene rings is 1. The summed E-state index contributed by atoms with van der Waals surface area (Å²) in [4.78, 5) is 0.122. The molecule has 0 fully saturated rings. The van der Waals surface area contributed by atoms with E-state index in [1.165, 1.54) is 102 Å². The van der Waals surface area contributed by atoms with Crippen LogP contribution in [0.25, 0.3) is 0 Å². The van der Waals surface area contributed by atoms with E-state index in [0.717, 1.165) is 17.7 Å². The third-order valence-electron chi connectivity index (χ3n) is 5.68. The molecule has 1 rings (SSSR count). The maximum atomic E-state index is 11.3. The predicted octanol–water partition coefficient (Wildman–Crippen LogP) is 8.56. The van der Waals surface area contributed by atoms with Crippen LogP contribution in [0.3, 0.4) is 0 Å². The van der Waals surface area contributed by atoms with E-state index >= 15 is 0 Å². The third kappa shape index (κ3) is 13.5. The van der Waals surface area contributed by atoms with Gasteiger partial charge in [-0.15, -0.1) is 0 Å². The highest BCUT2D eigenvalue weighted by Gasteiger charge is 2.11. The summed E-state index contributed by atoms with van der Waals surface area (Å²) in [6.45, 7) is 4.79. The van der Waals surface area contributed by atoms with Crippen molar-refractivity contribution in [1.82, 2.24) is 0 Å². The summed E-state index contributed by atoms with van der Waals surface area (Å²) in [6.07, 6.45) is 21.7. The summed E-state index contributed by atoms with van der Waals surface area (Å²) in [6, 6.07) is 4.75. The lowest BCUT2D eigenvalue weighted by Crippen LogP contribution is -2.00. The average Bonchev–Trinajstić information content (AvgIpc) is 2.70. The molecule has 0 radical (unpaired) electrons. The van der Waals surface area contributed by atoms with E-state index in [0.29, 0.717) is 6.61 Å². The second-order valence-corrected chi connectivity index (χ2v) is 11.1. The van der Waals surface area contributed by atoms with Gasteiger partial charge in [0.05, 0.1) is 11.5 Å². The van der Waals surface area contributed by atoms with E-state index in [4.69, 9.17) is 15.4 Å². The molecular formula is C25H43ClO3S. The molecule has 0 atom stereocenters. The predicted molar refractivity (Wildman–Crippen MR) is 129 cm³/mol. The molecule has 5 heteroatoms. The lowest BCUT2D eigenvalue weighted by molar-refractivity contribution is 0.302. The van der Waals surface area contributed by atoms with E-state index in [2.05, 4.69) is 6.92 Å². The topological polar surface area (TPSA) is 43.4 Å². The van der Waals surface area contributed by atoms with Gasteiger partial charge in [-0.05, 0) is 37.1 Å². The monoisotopic (exact) mass is 458 g/mol. The Kier molecular flexibility index (Phi) is 15.4. The van der Waals surface area contributed by atoms with Gasteiger partial charge in [0.2, 0.25) is 0 Å². The van der Waals surface area contributed by atoms with Crippen molar-refractivity contribution in [2.75, 3.05) is 6.61 Å². The van der Waals surface area contributed by atoms with Gasteiger partial charge in [-0.1, -0.05) is 103 Å². The summed E-state index contributed by atoms with van der Waals surface area (Å²) < 4.78 is 28.5. The Hall–Kier alpha value is -0.740. The van der Waals surface area contributed by atoms with Gasteiger partial charge in [0.1, 0.15) is 5.75 Å². The van der Waals surface area contributed by atoms with Crippen molar-refractivity contribution in [3.63, 3.8) is 0 Å². The third-order valence-corrected chi connectivity index (χ3v) is 7.03. The van der Waals surface area contributed by atoms with Crippen LogP contribution in [-0.4, -0.2) is 15.0 Å². The van der Waals surface area contributed by atoms with Crippen molar-refractivity contribution in [3.05, 3.63) is 23.8 Å². The summed E-state index contributed by atoms with van der Waals surface area (Å²) in [5.41, 5.74) is 0.799. The molecule has 0 heterocycles. The fourth-order valence-corrected chi connectivity index (χ4v) is 4.60. The molecule has 0 aliphatic heterocycles. The molecule has 0 saturated heterocycles.